The third-order valence-electron chi connectivity index (χ3n) is 3.98. The summed E-state index contributed by atoms with van der Waals surface area (Å²) in [5.74, 6) is -0.203. The first-order chi connectivity index (χ1) is 10.5. The van der Waals surface area contributed by atoms with E-state index >= 15 is 0 Å². The van der Waals surface area contributed by atoms with Crippen molar-refractivity contribution in [3.63, 3.8) is 0 Å². The zero-order valence-electron chi connectivity index (χ0n) is 13.3. The SMILES string of the molecule is Cc1ccc(C(=O)N2CCCC(C(=O)NCCN)C2)c(C)n1. The van der Waals surface area contributed by atoms with E-state index in [-0.39, 0.29) is 17.7 Å². The molecule has 1 saturated heterocycles. The molecule has 120 valence electrons. The van der Waals surface area contributed by atoms with Crippen molar-refractivity contribution in [2.45, 2.75) is 26.7 Å². The molecular formula is C16H24N4O2. The molecule has 6 heteroatoms. The summed E-state index contributed by atoms with van der Waals surface area (Å²) in [5.41, 5.74) is 7.65. The smallest absolute Gasteiger partial charge is 0.255 e. The van der Waals surface area contributed by atoms with Crippen LogP contribution in [0.4, 0.5) is 0 Å². The highest BCUT2D eigenvalue weighted by Crippen LogP contribution is 2.20. The van der Waals surface area contributed by atoms with Crippen LogP contribution in [0.15, 0.2) is 12.1 Å². The standard InChI is InChI=1S/C16H24N4O2/c1-11-5-6-14(12(2)19-11)16(22)20-9-3-4-13(10-20)15(21)18-8-7-17/h5-6,13H,3-4,7-10,17H2,1-2H3,(H,18,21). The second-order valence-electron chi connectivity index (χ2n) is 5.76. The maximum atomic E-state index is 12.6. The van der Waals surface area contributed by atoms with Crippen LogP contribution < -0.4 is 11.1 Å². The first-order valence-corrected chi connectivity index (χ1v) is 7.74. The van der Waals surface area contributed by atoms with Crippen LogP contribution in [0.1, 0.15) is 34.6 Å². The molecule has 1 aromatic heterocycles. The third kappa shape index (κ3) is 3.82. The van der Waals surface area contributed by atoms with Crippen molar-refractivity contribution in [3.05, 3.63) is 29.1 Å². The van der Waals surface area contributed by atoms with Crippen LogP contribution in [0.25, 0.3) is 0 Å². The molecule has 22 heavy (non-hydrogen) atoms. The lowest BCUT2D eigenvalue weighted by molar-refractivity contribution is -0.126. The van der Waals surface area contributed by atoms with Gasteiger partial charge in [-0.1, -0.05) is 0 Å². The molecule has 1 unspecified atom stereocenters. The Morgan fingerprint density at radius 3 is 2.86 bits per heavy atom. The normalized spacial score (nSPS) is 18.1. The molecular weight excluding hydrogens is 280 g/mol. The van der Waals surface area contributed by atoms with Gasteiger partial charge in [0.2, 0.25) is 5.91 Å². The molecule has 6 nitrogen and oxygen atoms in total. The first kappa shape index (κ1) is 16.4. The Bertz CT molecular complexity index is 559. The van der Waals surface area contributed by atoms with Gasteiger partial charge in [-0.2, -0.15) is 0 Å². The van der Waals surface area contributed by atoms with Crippen LogP contribution in [0, 0.1) is 19.8 Å². The van der Waals surface area contributed by atoms with Crippen LogP contribution in [0.5, 0.6) is 0 Å². The Labute approximate surface area is 131 Å². The topological polar surface area (TPSA) is 88.3 Å². The summed E-state index contributed by atoms with van der Waals surface area (Å²) in [6, 6.07) is 3.66. The Morgan fingerprint density at radius 1 is 1.41 bits per heavy atom. The van der Waals surface area contributed by atoms with Crippen molar-refractivity contribution in [2.24, 2.45) is 11.7 Å². The zero-order chi connectivity index (χ0) is 16.1. The van der Waals surface area contributed by atoms with E-state index in [0.29, 0.717) is 31.7 Å². The van der Waals surface area contributed by atoms with Gasteiger partial charge < -0.3 is 16.0 Å². The van der Waals surface area contributed by atoms with Crippen LogP contribution in [0.2, 0.25) is 0 Å². The summed E-state index contributed by atoms with van der Waals surface area (Å²) in [6.45, 7) is 5.80. The lowest BCUT2D eigenvalue weighted by Crippen LogP contribution is -2.46. The minimum atomic E-state index is -0.150. The van der Waals surface area contributed by atoms with Gasteiger partial charge in [-0.05, 0) is 38.8 Å². The number of carbonyl (C=O) groups excluding carboxylic acids is 2. The Morgan fingerprint density at radius 2 is 2.18 bits per heavy atom. The van der Waals surface area contributed by atoms with Gasteiger partial charge in [0.25, 0.3) is 5.91 Å². The molecule has 0 aromatic carbocycles. The van der Waals surface area contributed by atoms with Crippen LogP contribution in [-0.2, 0) is 4.79 Å². The van der Waals surface area contributed by atoms with Gasteiger partial charge in [-0.15, -0.1) is 0 Å². The van der Waals surface area contributed by atoms with E-state index in [0.717, 1.165) is 24.2 Å². The van der Waals surface area contributed by atoms with Gasteiger partial charge >= 0.3 is 0 Å². The number of hydrogen-bond acceptors (Lipinski definition) is 4. The van der Waals surface area contributed by atoms with Gasteiger partial charge in [0.15, 0.2) is 0 Å². The zero-order valence-corrected chi connectivity index (χ0v) is 13.3. The van der Waals surface area contributed by atoms with Crippen LogP contribution >= 0.6 is 0 Å². The molecule has 0 bridgehead atoms. The summed E-state index contributed by atoms with van der Waals surface area (Å²) in [6.07, 6.45) is 1.65. The summed E-state index contributed by atoms with van der Waals surface area (Å²) < 4.78 is 0. The molecule has 2 heterocycles. The van der Waals surface area contributed by atoms with Crippen molar-refractivity contribution >= 4 is 11.8 Å². The van der Waals surface area contributed by atoms with E-state index in [1.165, 1.54) is 0 Å². The fraction of sp³-hybridized carbons (Fsp3) is 0.562. The molecule has 1 aliphatic rings. The lowest BCUT2D eigenvalue weighted by Gasteiger charge is -2.32. The fourth-order valence-electron chi connectivity index (χ4n) is 2.80. The van der Waals surface area contributed by atoms with Gasteiger partial charge in [-0.25, -0.2) is 0 Å². The molecule has 0 saturated carbocycles. The number of aryl methyl sites for hydroxylation is 2. The quantitative estimate of drug-likeness (QED) is 0.854. The van der Waals surface area contributed by atoms with Crippen LogP contribution in [-0.4, -0.2) is 47.9 Å². The van der Waals surface area contributed by atoms with E-state index in [9.17, 15) is 9.59 Å². The maximum Gasteiger partial charge on any atom is 0.255 e. The monoisotopic (exact) mass is 304 g/mol. The second-order valence-corrected chi connectivity index (χ2v) is 5.76. The molecule has 2 rings (SSSR count). The lowest BCUT2D eigenvalue weighted by atomic mass is 9.96. The molecule has 2 amide bonds. The van der Waals surface area contributed by atoms with E-state index in [2.05, 4.69) is 10.3 Å². The molecule has 1 fully saturated rings. The molecule has 1 aromatic rings. The number of piperidine rings is 1. The first-order valence-electron chi connectivity index (χ1n) is 7.74. The molecule has 0 radical (unpaired) electrons. The molecule has 0 spiro atoms. The molecule has 3 N–H and O–H groups in total. The average Bonchev–Trinajstić information content (AvgIpc) is 2.52. The molecule has 0 aliphatic carbocycles. The predicted octanol–water partition coefficient (Wildman–Crippen LogP) is 0.626. The number of hydrogen-bond donors (Lipinski definition) is 2. The molecule has 1 atom stereocenters. The highest BCUT2D eigenvalue weighted by molar-refractivity contribution is 5.95. The Kier molecular flexibility index (Phi) is 5.49. The molecule has 1 aliphatic heterocycles. The number of nitrogens with zero attached hydrogens (tertiary/aromatic N) is 2. The third-order valence-corrected chi connectivity index (χ3v) is 3.98. The number of rotatable bonds is 4. The number of nitrogens with one attached hydrogen (secondary N) is 1. The van der Waals surface area contributed by atoms with Crippen molar-refractivity contribution in [1.29, 1.82) is 0 Å². The van der Waals surface area contributed by atoms with Crippen molar-refractivity contribution in [3.8, 4) is 0 Å². The van der Waals surface area contributed by atoms with E-state index < -0.39 is 0 Å². The van der Waals surface area contributed by atoms with Gasteiger partial charge in [0.05, 0.1) is 17.2 Å². The van der Waals surface area contributed by atoms with E-state index in [4.69, 9.17) is 5.73 Å². The maximum absolute atomic E-state index is 12.6. The van der Waals surface area contributed by atoms with Crippen molar-refractivity contribution in [2.75, 3.05) is 26.2 Å². The minimum Gasteiger partial charge on any atom is -0.355 e. The number of carbonyl (C=O) groups is 2. The summed E-state index contributed by atoms with van der Waals surface area (Å²) >= 11 is 0. The van der Waals surface area contributed by atoms with Gasteiger partial charge in [0, 0.05) is 31.9 Å². The highest BCUT2D eigenvalue weighted by Gasteiger charge is 2.29. The largest absolute Gasteiger partial charge is 0.355 e. The fourth-order valence-corrected chi connectivity index (χ4v) is 2.80. The summed E-state index contributed by atoms with van der Waals surface area (Å²) in [4.78, 5) is 30.8. The summed E-state index contributed by atoms with van der Waals surface area (Å²) in [7, 11) is 0. The number of amides is 2. The average molecular weight is 304 g/mol. The predicted molar refractivity (Wildman–Crippen MR) is 84.4 cm³/mol. The van der Waals surface area contributed by atoms with Crippen molar-refractivity contribution < 1.29 is 9.59 Å². The Hall–Kier alpha value is -1.95. The number of pyridine rings is 1. The van der Waals surface area contributed by atoms with Gasteiger partial charge in [-0.3, -0.25) is 14.6 Å². The summed E-state index contributed by atoms with van der Waals surface area (Å²) in [5, 5.41) is 2.81. The highest BCUT2D eigenvalue weighted by atomic mass is 16.2. The van der Waals surface area contributed by atoms with E-state index in [1.54, 1.807) is 4.90 Å². The van der Waals surface area contributed by atoms with E-state index in [1.807, 2.05) is 26.0 Å². The number of nitrogens with two attached hydrogens (primary N) is 1. The van der Waals surface area contributed by atoms with Crippen molar-refractivity contribution in [1.82, 2.24) is 15.2 Å². The number of likely N-dealkylation sites (tertiary alicyclic amines) is 1. The minimum absolute atomic E-state index is 0.0123. The van der Waals surface area contributed by atoms with Crippen LogP contribution in [0.3, 0.4) is 0 Å². The number of aromatic nitrogens is 1. The second kappa shape index (κ2) is 7.35. The van der Waals surface area contributed by atoms with Gasteiger partial charge in [0.1, 0.15) is 0 Å². The Balaban J connectivity index is 2.05.